The highest BCUT2D eigenvalue weighted by Gasteiger charge is 2.30. The predicted octanol–water partition coefficient (Wildman–Crippen LogP) is 5.55. The van der Waals surface area contributed by atoms with Gasteiger partial charge in [-0.25, -0.2) is 9.59 Å². The molecule has 0 saturated carbocycles. The van der Waals surface area contributed by atoms with E-state index >= 15 is 0 Å². The molecule has 0 radical (unpaired) electrons. The number of thiazole rings is 1. The molecule has 0 bridgehead atoms. The molecule has 1 saturated heterocycles. The minimum Gasteiger partial charge on any atom is -0.459 e. The van der Waals surface area contributed by atoms with Gasteiger partial charge >= 0.3 is 12.1 Å². The zero-order chi connectivity index (χ0) is 26.2. The van der Waals surface area contributed by atoms with Crippen molar-refractivity contribution < 1.29 is 19.1 Å². The van der Waals surface area contributed by atoms with Crippen molar-refractivity contribution in [1.29, 1.82) is 0 Å². The molecule has 1 atom stereocenters. The van der Waals surface area contributed by atoms with Crippen LogP contribution in [0.15, 0.2) is 30.0 Å². The fraction of sp³-hybridized carbons (Fsp3) is 0.519. The summed E-state index contributed by atoms with van der Waals surface area (Å²) in [6, 6.07) is 4.03. The van der Waals surface area contributed by atoms with Crippen LogP contribution in [0.1, 0.15) is 69.2 Å². The molecule has 1 aliphatic rings. The van der Waals surface area contributed by atoms with Crippen LogP contribution in [0.4, 0.5) is 4.79 Å². The van der Waals surface area contributed by atoms with Gasteiger partial charge in [-0.05, 0) is 66.2 Å². The van der Waals surface area contributed by atoms with Gasteiger partial charge in [0.1, 0.15) is 5.60 Å². The molecule has 9 heteroatoms. The molecule has 194 valence electrons. The smallest absolute Gasteiger partial charge is 0.410 e. The summed E-state index contributed by atoms with van der Waals surface area (Å²) in [7, 11) is 0. The van der Waals surface area contributed by atoms with Crippen LogP contribution in [0, 0.1) is 6.92 Å². The molecule has 0 spiro atoms. The standard InChI is InChI=1S/C27H36N4O4S/c1-17(2)34-25(32)22-13-21-12-20(23-14-28-16-36-23)15-31(21)24(18(22)3)19(4)29-8-10-30(11-9-29)26(33)35-27(5,6)7/h12-17,19H,8-11H2,1-7H3. The van der Waals surface area contributed by atoms with E-state index in [0.29, 0.717) is 31.7 Å². The Morgan fingerprint density at radius 2 is 1.78 bits per heavy atom. The van der Waals surface area contributed by atoms with Gasteiger partial charge in [0.2, 0.25) is 0 Å². The fourth-order valence-corrected chi connectivity index (χ4v) is 5.27. The van der Waals surface area contributed by atoms with E-state index < -0.39 is 5.60 Å². The number of carbonyl (C=O) groups excluding carboxylic acids is 2. The lowest BCUT2D eigenvalue weighted by atomic mass is 10.0. The third kappa shape index (κ3) is 5.57. The molecule has 1 aliphatic heterocycles. The van der Waals surface area contributed by atoms with E-state index in [-0.39, 0.29) is 24.2 Å². The number of hydrogen-bond acceptors (Lipinski definition) is 7. The molecule has 3 aromatic rings. The highest BCUT2D eigenvalue weighted by molar-refractivity contribution is 7.13. The Balaban J connectivity index is 1.67. The highest BCUT2D eigenvalue weighted by atomic mass is 32.1. The van der Waals surface area contributed by atoms with E-state index in [2.05, 4.69) is 33.5 Å². The largest absolute Gasteiger partial charge is 0.459 e. The van der Waals surface area contributed by atoms with Gasteiger partial charge < -0.3 is 18.8 Å². The van der Waals surface area contributed by atoms with Crippen molar-refractivity contribution in [1.82, 2.24) is 19.2 Å². The minimum absolute atomic E-state index is 0.0156. The Morgan fingerprint density at radius 3 is 2.36 bits per heavy atom. The number of hydrogen-bond donors (Lipinski definition) is 0. The third-order valence-electron chi connectivity index (χ3n) is 6.38. The topological polar surface area (TPSA) is 76.4 Å². The van der Waals surface area contributed by atoms with Gasteiger partial charge in [0, 0.05) is 61.4 Å². The first-order chi connectivity index (χ1) is 16.9. The first-order valence-electron chi connectivity index (χ1n) is 12.4. The second-order valence-electron chi connectivity index (χ2n) is 10.6. The van der Waals surface area contributed by atoms with Gasteiger partial charge in [-0.1, -0.05) is 0 Å². The molecular weight excluding hydrogens is 476 g/mol. The fourth-order valence-electron chi connectivity index (χ4n) is 4.66. The minimum atomic E-state index is -0.514. The second kappa shape index (κ2) is 10.2. The molecule has 3 aromatic heterocycles. The molecule has 0 aromatic carbocycles. The summed E-state index contributed by atoms with van der Waals surface area (Å²) in [5.41, 5.74) is 5.84. The Bertz CT molecular complexity index is 1230. The quantitative estimate of drug-likeness (QED) is 0.417. The summed E-state index contributed by atoms with van der Waals surface area (Å²) >= 11 is 1.59. The summed E-state index contributed by atoms with van der Waals surface area (Å²) in [4.78, 5) is 35.0. The van der Waals surface area contributed by atoms with E-state index in [4.69, 9.17) is 9.47 Å². The molecule has 0 aliphatic carbocycles. The molecule has 4 rings (SSSR count). The molecule has 1 fully saturated rings. The van der Waals surface area contributed by atoms with Crippen LogP contribution in [0.5, 0.6) is 0 Å². The molecule has 36 heavy (non-hydrogen) atoms. The molecule has 1 unspecified atom stereocenters. The van der Waals surface area contributed by atoms with Crippen molar-refractivity contribution in [3.05, 3.63) is 46.9 Å². The lowest BCUT2D eigenvalue weighted by molar-refractivity contribution is 0.0107. The van der Waals surface area contributed by atoms with Crippen molar-refractivity contribution in [2.75, 3.05) is 26.2 Å². The average molecular weight is 513 g/mol. The second-order valence-corrected chi connectivity index (χ2v) is 11.5. The van der Waals surface area contributed by atoms with Gasteiger partial charge in [-0.2, -0.15) is 0 Å². The first-order valence-corrected chi connectivity index (χ1v) is 13.3. The molecule has 1 amide bonds. The van der Waals surface area contributed by atoms with Gasteiger partial charge in [-0.15, -0.1) is 11.3 Å². The van der Waals surface area contributed by atoms with Crippen LogP contribution < -0.4 is 0 Å². The maximum absolute atomic E-state index is 13.0. The van der Waals surface area contributed by atoms with Crippen molar-refractivity contribution in [3.8, 4) is 10.4 Å². The lowest BCUT2D eigenvalue weighted by Crippen LogP contribution is -2.50. The van der Waals surface area contributed by atoms with Gasteiger partial charge in [0.15, 0.2) is 0 Å². The lowest BCUT2D eigenvalue weighted by Gasteiger charge is -2.39. The molecule has 4 heterocycles. The van der Waals surface area contributed by atoms with Crippen LogP contribution in [-0.2, 0) is 9.47 Å². The maximum atomic E-state index is 13.0. The van der Waals surface area contributed by atoms with Crippen molar-refractivity contribution >= 4 is 28.9 Å². The third-order valence-corrected chi connectivity index (χ3v) is 7.20. The van der Waals surface area contributed by atoms with Crippen molar-refractivity contribution in [2.24, 2.45) is 0 Å². The zero-order valence-electron chi connectivity index (χ0n) is 22.2. The van der Waals surface area contributed by atoms with Crippen molar-refractivity contribution in [3.63, 3.8) is 0 Å². The Hall–Kier alpha value is -2.91. The van der Waals surface area contributed by atoms with Gasteiger partial charge in [0.25, 0.3) is 0 Å². The number of esters is 1. The van der Waals surface area contributed by atoms with Crippen LogP contribution in [0.2, 0.25) is 0 Å². The van der Waals surface area contributed by atoms with Crippen LogP contribution in [-0.4, -0.2) is 69.1 Å². The van der Waals surface area contributed by atoms with Gasteiger partial charge in [0.05, 0.1) is 22.1 Å². The van der Waals surface area contributed by atoms with Crippen molar-refractivity contribution in [2.45, 2.75) is 66.2 Å². The molecule has 0 N–H and O–H groups in total. The number of aromatic nitrogens is 2. The monoisotopic (exact) mass is 512 g/mol. The van der Waals surface area contributed by atoms with Crippen LogP contribution in [0.25, 0.3) is 16.0 Å². The maximum Gasteiger partial charge on any atom is 0.410 e. The zero-order valence-corrected chi connectivity index (χ0v) is 23.0. The summed E-state index contributed by atoms with van der Waals surface area (Å²) in [6.07, 6.45) is 3.51. The molecule has 8 nitrogen and oxygen atoms in total. The van der Waals surface area contributed by atoms with Crippen LogP contribution >= 0.6 is 11.3 Å². The first kappa shape index (κ1) is 26.2. The van der Waals surface area contributed by atoms with E-state index in [1.165, 1.54) is 0 Å². The van der Waals surface area contributed by atoms with E-state index in [0.717, 1.165) is 27.2 Å². The predicted molar refractivity (Wildman–Crippen MR) is 142 cm³/mol. The SMILES string of the molecule is Cc1c(C(=O)OC(C)C)cc2cc(-c3cncs3)cn2c1C(C)N1CCN(C(=O)OC(C)(C)C)CC1. The van der Waals surface area contributed by atoms with E-state index in [1.54, 1.807) is 16.2 Å². The van der Waals surface area contributed by atoms with Gasteiger partial charge in [-0.3, -0.25) is 9.88 Å². The van der Waals surface area contributed by atoms with E-state index in [9.17, 15) is 9.59 Å². The number of fused-ring (bicyclic) bond motifs is 1. The summed E-state index contributed by atoms with van der Waals surface area (Å²) in [6.45, 7) is 16.1. The number of amides is 1. The Labute approximate surface area is 216 Å². The Morgan fingerprint density at radius 1 is 1.08 bits per heavy atom. The summed E-state index contributed by atoms with van der Waals surface area (Å²) < 4.78 is 13.3. The summed E-state index contributed by atoms with van der Waals surface area (Å²) in [5.74, 6) is -0.311. The molecular formula is C27H36N4O4S. The highest BCUT2D eigenvalue weighted by Crippen LogP contribution is 2.33. The number of nitrogens with zero attached hydrogens (tertiary/aromatic N) is 4. The van der Waals surface area contributed by atoms with E-state index in [1.807, 2.05) is 59.3 Å². The number of pyridine rings is 1. The normalized spacial score (nSPS) is 15.9. The average Bonchev–Trinajstić information content (AvgIpc) is 3.46. The van der Waals surface area contributed by atoms with Crippen LogP contribution in [0.3, 0.4) is 0 Å². The number of piperazine rings is 1. The number of rotatable bonds is 5. The number of carbonyl (C=O) groups is 2. The number of ether oxygens (including phenoxy) is 2. The summed E-state index contributed by atoms with van der Waals surface area (Å²) in [5, 5.41) is 0. The Kier molecular flexibility index (Phi) is 7.43.